The van der Waals surface area contributed by atoms with Crippen molar-refractivity contribution < 1.29 is 4.79 Å². The van der Waals surface area contributed by atoms with Crippen LogP contribution < -0.4 is 5.32 Å². The Morgan fingerprint density at radius 3 is 2.88 bits per heavy atom. The molecule has 16 heavy (non-hydrogen) atoms. The van der Waals surface area contributed by atoms with Gasteiger partial charge in [0.25, 0.3) is 0 Å². The van der Waals surface area contributed by atoms with E-state index in [1.807, 2.05) is 7.05 Å². The Hall–Kier alpha value is -0.570. The van der Waals surface area contributed by atoms with E-state index in [4.69, 9.17) is 0 Å². The van der Waals surface area contributed by atoms with E-state index in [9.17, 15) is 4.79 Å². The first kappa shape index (κ1) is 13.5. The van der Waals surface area contributed by atoms with E-state index in [0.29, 0.717) is 11.9 Å². The molecule has 0 aromatic carbocycles. The fraction of sp³-hybridized carbons (Fsp3) is 0.923. The molecule has 1 fully saturated rings. The van der Waals surface area contributed by atoms with Crippen molar-refractivity contribution in [3.8, 4) is 0 Å². The third kappa shape index (κ3) is 4.12. The molecular weight excluding hydrogens is 200 g/mol. The molecular formula is C13H26N2O. The van der Waals surface area contributed by atoms with Crippen LogP contribution in [0, 0.1) is 0 Å². The minimum atomic E-state index is 0.369. The first-order chi connectivity index (χ1) is 7.79. The van der Waals surface area contributed by atoms with Crippen LogP contribution in [0.4, 0.5) is 0 Å². The number of likely N-dealkylation sites (tertiary alicyclic amines) is 1. The zero-order valence-corrected chi connectivity index (χ0v) is 10.8. The lowest BCUT2D eigenvalue weighted by atomic mass is 10.1. The van der Waals surface area contributed by atoms with Crippen molar-refractivity contribution in [2.45, 2.75) is 57.9 Å². The summed E-state index contributed by atoms with van der Waals surface area (Å²) >= 11 is 0. The van der Waals surface area contributed by atoms with E-state index in [0.717, 1.165) is 25.9 Å². The number of hydrogen-bond donors (Lipinski definition) is 1. The van der Waals surface area contributed by atoms with Gasteiger partial charge in [-0.2, -0.15) is 0 Å². The predicted octanol–water partition coefficient (Wildman–Crippen LogP) is 2.17. The number of carbonyl (C=O) groups is 1. The van der Waals surface area contributed by atoms with E-state index < -0.39 is 0 Å². The summed E-state index contributed by atoms with van der Waals surface area (Å²) in [5.74, 6) is 0.369. The number of likely N-dealkylation sites (N-methyl/N-ethyl adjacent to an activating group) is 1. The summed E-state index contributed by atoms with van der Waals surface area (Å²) in [6.07, 6.45) is 7.85. The highest BCUT2D eigenvalue weighted by atomic mass is 16.2. The van der Waals surface area contributed by atoms with Crippen LogP contribution in [-0.2, 0) is 4.79 Å². The Labute approximate surface area is 99.6 Å². The molecule has 0 spiro atoms. The van der Waals surface area contributed by atoms with E-state index in [1.165, 1.54) is 32.1 Å². The zero-order chi connectivity index (χ0) is 11.8. The Balaban J connectivity index is 2.23. The number of unbranched alkanes of at least 4 members (excludes halogenated alkanes) is 3. The molecule has 0 bridgehead atoms. The molecule has 1 aliphatic heterocycles. The number of nitrogens with one attached hydrogen (secondary N) is 1. The molecule has 3 nitrogen and oxygen atoms in total. The van der Waals surface area contributed by atoms with Gasteiger partial charge in [-0.25, -0.2) is 0 Å². The van der Waals surface area contributed by atoms with Gasteiger partial charge in [0.15, 0.2) is 0 Å². The summed E-state index contributed by atoms with van der Waals surface area (Å²) in [4.78, 5) is 14.1. The fourth-order valence-corrected chi connectivity index (χ4v) is 2.46. The summed E-state index contributed by atoms with van der Waals surface area (Å²) in [6, 6.07) is 0.448. The van der Waals surface area contributed by atoms with Gasteiger partial charge in [0.1, 0.15) is 0 Å². The lowest BCUT2D eigenvalue weighted by molar-refractivity contribution is -0.132. The topological polar surface area (TPSA) is 32.3 Å². The normalized spacial score (nSPS) is 20.4. The highest BCUT2D eigenvalue weighted by Crippen LogP contribution is 2.18. The predicted molar refractivity (Wildman–Crippen MR) is 67.4 cm³/mol. The van der Waals surface area contributed by atoms with Crippen molar-refractivity contribution in [2.24, 2.45) is 0 Å². The number of rotatable bonds is 7. The quantitative estimate of drug-likeness (QED) is 0.675. The van der Waals surface area contributed by atoms with Gasteiger partial charge in [-0.05, 0) is 26.3 Å². The van der Waals surface area contributed by atoms with Gasteiger partial charge in [0.05, 0.1) is 0 Å². The molecule has 0 radical (unpaired) electrons. The van der Waals surface area contributed by atoms with E-state index in [1.54, 1.807) is 0 Å². The number of nitrogens with zero attached hydrogens (tertiary/aromatic N) is 1. The monoisotopic (exact) mass is 226 g/mol. The number of hydrogen-bond acceptors (Lipinski definition) is 2. The molecule has 0 saturated carbocycles. The summed E-state index contributed by atoms with van der Waals surface area (Å²) in [5.41, 5.74) is 0. The van der Waals surface area contributed by atoms with Gasteiger partial charge in [0, 0.05) is 25.6 Å². The van der Waals surface area contributed by atoms with E-state index >= 15 is 0 Å². The minimum Gasteiger partial charge on any atom is -0.338 e. The van der Waals surface area contributed by atoms with Gasteiger partial charge in [-0.1, -0.05) is 26.2 Å². The third-order valence-electron chi connectivity index (χ3n) is 3.38. The van der Waals surface area contributed by atoms with Crippen molar-refractivity contribution in [3.05, 3.63) is 0 Å². The highest BCUT2D eigenvalue weighted by Gasteiger charge is 2.27. The molecule has 94 valence electrons. The SMILES string of the molecule is CCCCCCC(=O)N1CCCC1CNC. The van der Waals surface area contributed by atoms with Crippen LogP contribution in [0.25, 0.3) is 0 Å². The van der Waals surface area contributed by atoms with Crippen LogP contribution in [0.1, 0.15) is 51.9 Å². The number of carbonyl (C=O) groups excluding carboxylic acids is 1. The van der Waals surface area contributed by atoms with Gasteiger partial charge in [0.2, 0.25) is 5.91 Å². The van der Waals surface area contributed by atoms with Gasteiger partial charge in [-0.15, -0.1) is 0 Å². The first-order valence-electron chi connectivity index (χ1n) is 6.73. The molecule has 1 rings (SSSR count). The Morgan fingerprint density at radius 1 is 1.38 bits per heavy atom. The van der Waals surface area contributed by atoms with Gasteiger partial charge >= 0.3 is 0 Å². The molecule has 1 N–H and O–H groups in total. The van der Waals surface area contributed by atoms with Crippen LogP contribution >= 0.6 is 0 Å². The number of amides is 1. The summed E-state index contributed by atoms with van der Waals surface area (Å²) in [7, 11) is 1.96. The molecule has 1 atom stereocenters. The molecule has 1 unspecified atom stereocenters. The molecule has 1 saturated heterocycles. The third-order valence-corrected chi connectivity index (χ3v) is 3.38. The maximum absolute atomic E-state index is 12.0. The lowest BCUT2D eigenvalue weighted by Crippen LogP contribution is -2.40. The average Bonchev–Trinajstić information content (AvgIpc) is 2.73. The first-order valence-corrected chi connectivity index (χ1v) is 6.73. The fourth-order valence-electron chi connectivity index (χ4n) is 2.46. The summed E-state index contributed by atoms with van der Waals surface area (Å²) in [6.45, 7) is 4.12. The molecule has 0 aromatic heterocycles. The summed E-state index contributed by atoms with van der Waals surface area (Å²) < 4.78 is 0. The van der Waals surface area contributed by atoms with Crippen molar-refractivity contribution in [1.82, 2.24) is 10.2 Å². The van der Waals surface area contributed by atoms with Crippen molar-refractivity contribution in [1.29, 1.82) is 0 Å². The molecule has 0 aromatic rings. The Bertz CT molecular complexity index is 206. The van der Waals surface area contributed by atoms with Crippen molar-refractivity contribution in [3.63, 3.8) is 0 Å². The second-order valence-corrected chi connectivity index (χ2v) is 4.75. The second kappa shape index (κ2) is 7.66. The van der Waals surface area contributed by atoms with Crippen LogP contribution in [0.2, 0.25) is 0 Å². The smallest absolute Gasteiger partial charge is 0.222 e. The Morgan fingerprint density at radius 2 is 2.19 bits per heavy atom. The largest absolute Gasteiger partial charge is 0.338 e. The molecule has 0 aliphatic carbocycles. The minimum absolute atomic E-state index is 0.369. The van der Waals surface area contributed by atoms with Gasteiger partial charge in [-0.3, -0.25) is 4.79 Å². The molecule has 1 aliphatic rings. The van der Waals surface area contributed by atoms with Crippen molar-refractivity contribution in [2.75, 3.05) is 20.1 Å². The van der Waals surface area contributed by atoms with Crippen LogP contribution in [0.5, 0.6) is 0 Å². The van der Waals surface area contributed by atoms with Crippen LogP contribution in [-0.4, -0.2) is 37.0 Å². The maximum atomic E-state index is 12.0. The lowest BCUT2D eigenvalue weighted by Gasteiger charge is -2.24. The maximum Gasteiger partial charge on any atom is 0.222 e. The van der Waals surface area contributed by atoms with Gasteiger partial charge < -0.3 is 10.2 Å². The van der Waals surface area contributed by atoms with Crippen LogP contribution in [0.3, 0.4) is 0 Å². The standard InChI is InChI=1S/C13H26N2O/c1-3-4-5-6-9-13(16)15-10-7-8-12(15)11-14-2/h12,14H,3-11H2,1-2H3. The molecule has 1 amide bonds. The molecule has 3 heteroatoms. The second-order valence-electron chi connectivity index (χ2n) is 4.75. The average molecular weight is 226 g/mol. The van der Waals surface area contributed by atoms with E-state index in [2.05, 4.69) is 17.1 Å². The zero-order valence-electron chi connectivity index (χ0n) is 10.8. The van der Waals surface area contributed by atoms with E-state index in [-0.39, 0.29) is 0 Å². The van der Waals surface area contributed by atoms with Crippen LogP contribution in [0.15, 0.2) is 0 Å². The summed E-state index contributed by atoms with van der Waals surface area (Å²) in [5, 5.41) is 3.18. The van der Waals surface area contributed by atoms with Crippen molar-refractivity contribution >= 4 is 5.91 Å². The Kier molecular flexibility index (Phi) is 6.46. The molecule has 1 heterocycles. The highest BCUT2D eigenvalue weighted by molar-refractivity contribution is 5.76.